The summed E-state index contributed by atoms with van der Waals surface area (Å²) in [5, 5.41) is 5.23. The number of nitrogens with one attached hydrogen (secondary N) is 1. The summed E-state index contributed by atoms with van der Waals surface area (Å²) >= 11 is 4.78. The predicted molar refractivity (Wildman–Crippen MR) is 114 cm³/mol. The number of rotatable bonds is 7. The average Bonchev–Trinajstić information content (AvgIpc) is 3.17. The number of halogens is 1. The minimum absolute atomic E-state index is 0.309. The van der Waals surface area contributed by atoms with Crippen molar-refractivity contribution in [1.29, 1.82) is 0 Å². The van der Waals surface area contributed by atoms with Crippen LogP contribution in [0.2, 0.25) is 0 Å². The van der Waals surface area contributed by atoms with Gasteiger partial charge >= 0.3 is 0 Å². The van der Waals surface area contributed by atoms with Crippen LogP contribution in [0.1, 0.15) is 17.3 Å². The molecule has 28 heavy (non-hydrogen) atoms. The second-order valence-corrected chi connectivity index (χ2v) is 7.42. The summed E-state index contributed by atoms with van der Waals surface area (Å²) in [5.74, 6) is 1.02. The molecule has 0 atom stereocenters. The van der Waals surface area contributed by atoms with Gasteiger partial charge in [0.25, 0.3) is 5.91 Å². The van der Waals surface area contributed by atoms with Gasteiger partial charge in [-0.3, -0.25) is 10.1 Å². The van der Waals surface area contributed by atoms with Gasteiger partial charge in [0.2, 0.25) is 5.75 Å². The summed E-state index contributed by atoms with van der Waals surface area (Å²) < 4.78 is 17.3. The second kappa shape index (κ2) is 9.07. The second-order valence-electron chi connectivity index (χ2n) is 5.64. The first kappa shape index (κ1) is 20.2. The molecule has 1 heterocycles. The fourth-order valence-corrected chi connectivity index (χ4v) is 3.53. The van der Waals surface area contributed by atoms with Crippen LogP contribution < -0.4 is 19.5 Å². The van der Waals surface area contributed by atoms with Gasteiger partial charge in [-0.2, -0.15) is 0 Å². The Bertz CT molecular complexity index is 948. The maximum atomic E-state index is 12.7. The number of nitrogens with zero attached hydrogens (tertiary/aromatic N) is 1. The molecule has 0 saturated carbocycles. The van der Waals surface area contributed by atoms with Crippen molar-refractivity contribution in [3.05, 3.63) is 51.8 Å². The van der Waals surface area contributed by atoms with E-state index < -0.39 is 0 Å². The highest BCUT2D eigenvalue weighted by Gasteiger charge is 2.18. The zero-order valence-corrected chi connectivity index (χ0v) is 18.0. The van der Waals surface area contributed by atoms with Gasteiger partial charge in [0.1, 0.15) is 0 Å². The number of hydrogen-bond acceptors (Lipinski definition) is 6. The molecule has 0 saturated heterocycles. The van der Waals surface area contributed by atoms with Gasteiger partial charge in [0, 0.05) is 21.0 Å². The van der Waals surface area contributed by atoms with Crippen molar-refractivity contribution in [3.8, 4) is 28.5 Å². The van der Waals surface area contributed by atoms with Gasteiger partial charge in [-0.25, -0.2) is 4.98 Å². The summed E-state index contributed by atoms with van der Waals surface area (Å²) in [5.41, 5.74) is 2.16. The summed E-state index contributed by atoms with van der Waals surface area (Å²) in [7, 11) is 3.04. The molecule has 1 N–H and O–H groups in total. The first-order valence-corrected chi connectivity index (χ1v) is 10.1. The van der Waals surface area contributed by atoms with Crippen molar-refractivity contribution >= 4 is 38.3 Å². The highest BCUT2D eigenvalue weighted by atomic mass is 79.9. The smallest absolute Gasteiger partial charge is 0.257 e. The molecule has 0 unspecified atom stereocenters. The van der Waals surface area contributed by atoms with Crippen LogP contribution in [0, 0.1) is 0 Å². The van der Waals surface area contributed by atoms with Crippen LogP contribution in [-0.2, 0) is 0 Å². The largest absolute Gasteiger partial charge is 0.493 e. The van der Waals surface area contributed by atoms with Crippen molar-refractivity contribution in [2.45, 2.75) is 6.92 Å². The van der Waals surface area contributed by atoms with Crippen molar-refractivity contribution in [2.24, 2.45) is 0 Å². The standard InChI is InChI=1S/C20H19BrN2O4S/c1-4-27-18-16(25-2)9-13(10-17(18)26-3)19(24)23-20-22-15(11-28-20)12-5-7-14(21)8-6-12/h5-11H,4H2,1-3H3,(H,22,23,24). The summed E-state index contributed by atoms with van der Waals surface area (Å²) in [6, 6.07) is 11.1. The summed E-state index contributed by atoms with van der Waals surface area (Å²) in [6.07, 6.45) is 0. The molecule has 8 heteroatoms. The maximum Gasteiger partial charge on any atom is 0.257 e. The molecule has 0 radical (unpaired) electrons. The van der Waals surface area contributed by atoms with Crippen molar-refractivity contribution in [1.82, 2.24) is 4.98 Å². The number of anilines is 1. The SMILES string of the molecule is CCOc1c(OC)cc(C(=O)Nc2nc(-c3ccc(Br)cc3)cs2)cc1OC. The fraction of sp³-hybridized carbons (Fsp3) is 0.200. The Morgan fingerprint density at radius 3 is 2.36 bits per heavy atom. The number of benzene rings is 2. The van der Waals surface area contributed by atoms with Crippen molar-refractivity contribution < 1.29 is 19.0 Å². The molecule has 0 aliphatic heterocycles. The van der Waals surface area contributed by atoms with Crippen LogP contribution in [-0.4, -0.2) is 31.7 Å². The highest BCUT2D eigenvalue weighted by molar-refractivity contribution is 9.10. The zero-order valence-electron chi connectivity index (χ0n) is 15.6. The quantitative estimate of drug-likeness (QED) is 0.519. The fourth-order valence-electron chi connectivity index (χ4n) is 2.55. The van der Waals surface area contributed by atoms with Gasteiger partial charge in [-0.1, -0.05) is 28.1 Å². The first-order chi connectivity index (χ1) is 13.5. The normalized spacial score (nSPS) is 10.4. The number of methoxy groups -OCH3 is 2. The molecule has 0 bridgehead atoms. The molecular weight excluding hydrogens is 444 g/mol. The Morgan fingerprint density at radius 1 is 1.14 bits per heavy atom. The van der Waals surface area contributed by atoms with Crippen LogP contribution in [0.15, 0.2) is 46.3 Å². The lowest BCUT2D eigenvalue weighted by Gasteiger charge is -2.15. The molecule has 3 aromatic rings. The van der Waals surface area contributed by atoms with Gasteiger partial charge in [0.15, 0.2) is 16.6 Å². The minimum atomic E-state index is -0.309. The van der Waals surface area contributed by atoms with E-state index in [1.807, 2.05) is 36.6 Å². The number of ether oxygens (including phenoxy) is 3. The number of carbonyl (C=O) groups is 1. The van der Waals surface area contributed by atoms with Crippen LogP contribution in [0.25, 0.3) is 11.3 Å². The van der Waals surface area contributed by atoms with E-state index in [2.05, 4.69) is 26.2 Å². The Balaban J connectivity index is 1.82. The van der Waals surface area contributed by atoms with Crippen LogP contribution in [0.4, 0.5) is 5.13 Å². The number of hydrogen-bond donors (Lipinski definition) is 1. The molecule has 0 aliphatic carbocycles. The molecule has 2 aromatic carbocycles. The van der Waals surface area contributed by atoms with E-state index in [-0.39, 0.29) is 5.91 Å². The van der Waals surface area contributed by atoms with E-state index in [9.17, 15) is 4.79 Å². The molecule has 6 nitrogen and oxygen atoms in total. The monoisotopic (exact) mass is 462 g/mol. The van der Waals surface area contributed by atoms with Gasteiger partial charge < -0.3 is 14.2 Å². The Morgan fingerprint density at radius 2 is 1.79 bits per heavy atom. The van der Waals surface area contributed by atoms with E-state index in [0.29, 0.717) is 34.6 Å². The van der Waals surface area contributed by atoms with Crippen molar-refractivity contribution in [2.75, 3.05) is 26.1 Å². The minimum Gasteiger partial charge on any atom is -0.493 e. The van der Waals surface area contributed by atoms with Crippen molar-refractivity contribution in [3.63, 3.8) is 0 Å². The van der Waals surface area contributed by atoms with E-state index >= 15 is 0 Å². The molecular formula is C20H19BrN2O4S. The molecule has 1 aromatic heterocycles. The lowest BCUT2D eigenvalue weighted by molar-refractivity contribution is 0.102. The third-order valence-corrected chi connectivity index (χ3v) is 5.16. The third-order valence-electron chi connectivity index (χ3n) is 3.88. The average molecular weight is 463 g/mol. The number of amides is 1. The van der Waals surface area contributed by atoms with Crippen LogP contribution in [0.5, 0.6) is 17.2 Å². The summed E-state index contributed by atoms with van der Waals surface area (Å²) in [6.45, 7) is 2.32. The first-order valence-electron chi connectivity index (χ1n) is 8.47. The van der Waals surface area contributed by atoms with Gasteiger partial charge in [-0.05, 0) is 31.2 Å². The molecule has 0 fully saturated rings. The van der Waals surface area contributed by atoms with Crippen LogP contribution in [0.3, 0.4) is 0 Å². The van der Waals surface area contributed by atoms with E-state index in [1.54, 1.807) is 12.1 Å². The predicted octanol–water partition coefficient (Wildman–Crippen LogP) is 5.24. The van der Waals surface area contributed by atoms with E-state index in [4.69, 9.17) is 14.2 Å². The maximum absolute atomic E-state index is 12.7. The number of carbonyl (C=O) groups excluding carboxylic acids is 1. The number of thiazole rings is 1. The van der Waals surface area contributed by atoms with Gasteiger partial charge in [-0.15, -0.1) is 11.3 Å². The molecule has 0 spiro atoms. The Labute approximate surface area is 175 Å². The molecule has 0 aliphatic rings. The Kier molecular flexibility index (Phi) is 6.53. The topological polar surface area (TPSA) is 69.7 Å². The zero-order chi connectivity index (χ0) is 20.1. The Hall–Kier alpha value is -2.58. The molecule has 146 valence electrons. The lowest BCUT2D eigenvalue weighted by atomic mass is 10.1. The molecule has 1 amide bonds. The number of aromatic nitrogens is 1. The van der Waals surface area contributed by atoms with Gasteiger partial charge in [0.05, 0.1) is 26.5 Å². The molecule has 3 rings (SSSR count). The highest BCUT2D eigenvalue weighted by Crippen LogP contribution is 2.38. The van der Waals surface area contributed by atoms with E-state index in [0.717, 1.165) is 15.7 Å². The lowest BCUT2D eigenvalue weighted by Crippen LogP contribution is -2.12. The van der Waals surface area contributed by atoms with Crippen LogP contribution >= 0.6 is 27.3 Å². The third kappa shape index (κ3) is 4.45. The summed E-state index contributed by atoms with van der Waals surface area (Å²) in [4.78, 5) is 17.2. The van der Waals surface area contributed by atoms with E-state index in [1.165, 1.54) is 25.6 Å².